The van der Waals surface area contributed by atoms with Crippen LogP contribution in [0.2, 0.25) is 0 Å². The fraction of sp³-hybridized carbons (Fsp3) is 1.00. The molecule has 0 saturated carbocycles. The second kappa shape index (κ2) is 11.2. The molecule has 0 aromatic rings. The Kier molecular flexibility index (Phi) is 9.60. The number of hydrogen-bond acceptors (Lipinski definition) is 13. The molecule has 16 nitrogen and oxygen atoms in total. The topological polar surface area (TPSA) is 226 Å². The van der Waals surface area contributed by atoms with Crippen LogP contribution in [0.4, 0.5) is 0 Å². The lowest BCUT2D eigenvalue weighted by atomic mass is 9.16. The first kappa shape index (κ1) is 29.9. The van der Waals surface area contributed by atoms with E-state index < -0.39 is 91.7 Å². The second-order valence-electron chi connectivity index (χ2n) is 8.67. The second-order valence-corrected chi connectivity index (χ2v) is 13.3. The number of rotatable bonds is 11. The monoisotopic (exact) mass is 566 g/mol. The molecule has 3 aliphatic heterocycles. The maximum atomic E-state index is 12.2. The Bertz CT molecular complexity index is 896. The lowest BCUT2D eigenvalue weighted by Crippen LogP contribution is -2.42. The van der Waals surface area contributed by atoms with E-state index >= 15 is 0 Å². The average Bonchev–Trinajstić information content (AvgIpc) is 3.30. The van der Waals surface area contributed by atoms with Crippen molar-refractivity contribution in [2.75, 3.05) is 13.2 Å². The van der Waals surface area contributed by atoms with Gasteiger partial charge in [0.2, 0.25) is 0 Å². The van der Waals surface area contributed by atoms with Gasteiger partial charge in [0.05, 0.1) is 34.8 Å². The summed E-state index contributed by atoms with van der Waals surface area (Å²) >= 11 is 0. The van der Waals surface area contributed by atoms with Crippen molar-refractivity contribution in [3.05, 3.63) is 0 Å². The van der Waals surface area contributed by atoms with Gasteiger partial charge < -0.3 is 43.8 Å². The highest BCUT2D eigenvalue weighted by Gasteiger charge is 2.53. The van der Waals surface area contributed by atoms with Gasteiger partial charge in [-0.2, -0.15) is 8.62 Å². The molecule has 0 aromatic carbocycles. The number of hydrogen-bond donors (Lipinski definition) is 5. The number of aliphatic hydroxyl groups is 2. The van der Waals surface area contributed by atoms with Gasteiger partial charge in [-0.25, -0.2) is 13.7 Å². The molecule has 5 N–H and O–H groups in total. The Morgan fingerprint density at radius 2 is 1.29 bits per heavy atom. The van der Waals surface area contributed by atoms with Gasteiger partial charge in [-0.3, -0.25) is 9.05 Å². The molecule has 0 aliphatic carbocycles. The normalized spacial score (nSPS) is 42.2. The van der Waals surface area contributed by atoms with Crippen molar-refractivity contribution in [1.82, 2.24) is 0 Å². The highest BCUT2D eigenvalue weighted by atomic mass is 31.3. The number of aliphatic hydroxyl groups excluding tert-OH is 2. The van der Waals surface area contributed by atoms with Crippen LogP contribution in [-0.4, -0.2) is 115 Å². The summed E-state index contributed by atoms with van der Waals surface area (Å²) in [4.78, 5) is 29.2. The first-order valence-corrected chi connectivity index (χ1v) is 15.2. The van der Waals surface area contributed by atoms with Gasteiger partial charge in [0.1, 0.15) is 43.1 Å². The third kappa shape index (κ3) is 7.70. The van der Waals surface area contributed by atoms with E-state index in [-0.39, 0.29) is 6.49 Å². The van der Waals surface area contributed by atoms with Gasteiger partial charge >= 0.3 is 23.5 Å². The predicted molar refractivity (Wildman–Crippen MR) is 121 cm³/mol. The van der Waals surface area contributed by atoms with Crippen LogP contribution < -0.4 is 0 Å². The Morgan fingerprint density at radius 1 is 0.771 bits per heavy atom. The number of fused-ring (bicyclic) bond motifs is 1. The molecule has 12 atom stereocenters. The van der Waals surface area contributed by atoms with Crippen LogP contribution in [-0.2, 0) is 50.3 Å². The van der Waals surface area contributed by atoms with E-state index in [1.165, 1.54) is 6.92 Å². The molecule has 7 unspecified atom stereocenters. The van der Waals surface area contributed by atoms with Crippen LogP contribution in [0.1, 0.15) is 13.8 Å². The summed E-state index contributed by atoms with van der Waals surface area (Å²) in [6, 6.07) is -0.395. The van der Waals surface area contributed by atoms with Crippen LogP contribution >= 0.6 is 23.5 Å². The molecule has 0 amide bonds. The Balaban J connectivity index is 1.52. The van der Waals surface area contributed by atoms with Crippen molar-refractivity contribution in [1.29, 1.82) is 0 Å². The Hall–Kier alpha value is 0.365. The Morgan fingerprint density at radius 3 is 1.77 bits per heavy atom. The highest BCUT2D eigenvalue weighted by Crippen LogP contribution is 2.67. The quantitative estimate of drug-likeness (QED) is 0.125. The molecule has 200 valence electrons. The van der Waals surface area contributed by atoms with E-state index in [0.717, 1.165) is 0 Å². The number of ether oxygens (including phenoxy) is 4. The molecule has 3 aliphatic rings. The van der Waals surface area contributed by atoms with E-state index in [4.69, 9.17) is 23.5 Å². The minimum atomic E-state index is -5.68. The molecule has 22 heteroatoms. The zero-order valence-electron chi connectivity index (χ0n) is 19.3. The molecule has 0 aromatic heterocycles. The molecule has 0 spiro atoms. The molecule has 3 saturated heterocycles. The lowest BCUT2D eigenvalue weighted by Gasteiger charge is -2.22. The molecule has 0 radical (unpaired) electrons. The molecule has 0 bridgehead atoms. The van der Waals surface area contributed by atoms with Crippen molar-refractivity contribution in [3.8, 4) is 0 Å². The fourth-order valence-corrected chi connectivity index (χ4v) is 7.47. The van der Waals surface area contributed by atoms with E-state index in [1.54, 1.807) is 6.92 Å². The summed E-state index contributed by atoms with van der Waals surface area (Å²) in [6.45, 7) is 1.71. The molecular formula is C13H28B3O16P3. The summed E-state index contributed by atoms with van der Waals surface area (Å²) in [5, 5.41) is 19.4. The summed E-state index contributed by atoms with van der Waals surface area (Å²) in [7, 11) is -12.6. The van der Waals surface area contributed by atoms with E-state index in [2.05, 4.69) is 13.1 Å². The standard InChI is InChI=1S/C13H28B3O16P3/c1-5-9(17)10(18)7(27-5)3-25-33(19,20)31-35(23,24)32-34(21,22)26-4-8-11-12(29-6(2)28-11)13(30-8)16(14)15/h5-13,17-18H,3-4,14-15H2,1-2H3,(H,19,20)(H,21,22)(H,23,24)/t5-,6?,7+,8+,9?,10?,11?,12-,13+/m0/s1. The van der Waals surface area contributed by atoms with Crippen molar-refractivity contribution >= 4 is 45.4 Å². The first-order valence-electron chi connectivity index (χ1n) is 10.7. The number of phosphoric ester groups is 2. The van der Waals surface area contributed by atoms with Crippen molar-refractivity contribution in [3.63, 3.8) is 0 Å². The van der Waals surface area contributed by atoms with Crippen LogP contribution in [0, 0.1) is 0 Å². The van der Waals surface area contributed by atoms with Crippen LogP contribution in [0.5, 0.6) is 0 Å². The van der Waals surface area contributed by atoms with E-state index in [9.17, 15) is 38.6 Å². The molecule has 35 heavy (non-hydrogen) atoms. The van der Waals surface area contributed by atoms with Gasteiger partial charge in [0.15, 0.2) is 6.29 Å². The fourth-order valence-electron chi connectivity index (χ4n) is 3.95. The lowest BCUT2D eigenvalue weighted by molar-refractivity contribution is -0.113. The highest BCUT2D eigenvalue weighted by molar-refractivity contribution is 7.66. The summed E-state index contributed by atoms with van der Waals surface area (Å²) in [5.74, 6) is 0. The predicted octanol–water partition coefficient (Wildman–Crippen LogP) is -2.95. The minimum Gasteiger partial charge on any atom is -0.388 e. The van der Waals surface area contributed by atoms with Gasteiger partial charge in [0.25, 0.3) is 0 Å². The van der Waals surface area contributed by atoms with Gasteiger partial charge in [-0.05, 0) is 13.8 Å². The SMILES string of the molecule is BB(B)[C@@H]1O[C@H](COP(=O)(O)OP(=O)(O)OP(=O)(O)OC[C@H]2O[C@@H](C)C(O)C2O)C2OC(C)O[C@@H]21. The van der Waals surface area contributed by atoms with Gasteiger partial charge in [-0.15, -0.1) is 0 Å². The van der Waals surface area contributed by atoms with Crippen LogP contribution in [0.25, 0.3) is 0 Å². The third-order valence-corrected chi connectivity index (χ3v) is 9.77. The van der Waals surface area contributed by atoms with Crippen molar-refractivity contribution < 1.29 is 75.2 Å². The zero-order valence-corrected chi connectivity index (χ0v) is 21.9. The molecule has 3 fully saturated rings. The van der Waals surface area contributed by atoms with Crippen molar-refractivity contribution in [2.24, 2.45) is 0 Å². The maximum absolute atomic E-state index is 12.2. The maximum Gasteiger partial charge on any atom is 0.490 e. The minimum absolute atomic E-state index is 0.0190. The first-order chi connectivity index (χ1) is 16.0. The number of phosphoric acid groups is 3. The van der Waals surface area contributed by atoms with E-state index in [1.807, 2.05) is 15.5 Å². The average molecular weight is 566 g/mol. The zero-order chi connectivity index (χ0) is 26.3. The summed E-state index contributed by atoms with van der Waals surface area (Å²) < 4.78 is 75.7. The third-order valence-electron chi connectivity index (χ3n) is 5.52. The summed E-state index contributed by atoms with van der Waals surface area (Å²) in [6.07, 6.45) is -7.29. The van der Waals surface area contributed by atoms with E-state index in [0.29, 0.717) is 0 Å². The van der Waals surface area contributed by atoms with Gasteiger partial charge in [-0.1, -0.05) is 0 Å². The molecular weight excluding hydrogens is 537 g/mol. The smallest absolute Gasteiger partial charge is 0.388 e. The molecule has 3 rings (SSSR count). The largest absolute Gasteiger partial charge is 0.490 e. The van der Waals surface area contributed by atoms with Crippen LogP contribution in [0.3, 0.4) is 0 Å². The summed E-state index contributed by atoms with van der Waals surface area (Å²) in [5.41, 5.74) is 0. The molecule has 3 heterocycles. The van der Waals surface area contributed by atoms with Crippen LogP contribution in [0.15, 0.2) is 0 Å². The van der Waals surface area contributed by atoms with Crippen molar-refractivity contribution in [2.45, 2.75) is 68.9 Å². The Labute approximate surface area is 203 Å². The van der Waals surface area contributed by atoms with Gasteiger partial charge in [0, 0.05) is 6.00 Å².